The Labute approximate surface area is 240 Å². The lowest BCUT2D eigenvalue weighted by Gasteiger charge is -2.35. The van der Waals surface area contributed by atoms with Crippen LogP contribution in [0.2, 0.25) is 0 Å². The number of carbonyl (C=O) groups is 1. The fourth-order valence-corrected chi connectivity index (χ4v) is 5.56. The molecule has 0 amide bonds. The third kappa shape index (κ3) is 5.69. The zero-order valence-corrected chi connectivity index (χ0v) is 22.7. The van der Waals surface area contributed by atoms with Crippen molar-refractivity contribution in [1.82, 2.24) is 19.5 Å². The standard InChI is InChI=1S/C29H25F6N5O3/c1-15-5-10-20(43-29(33,34)35)19(13-15)25-38-22-21(40(25)14-16-6-8-18(9-7-16)28(30,31)32)23(37-24(36-22)26(41)42)39-27(11-12-27)17-3-2-4-17/h5-10,13,17H,2-4,11-12,14H2,1H3,(H,41,42)(H,36,37,39). The van der Waals surface area contributed by atoms with Gasteiger partial charge in [0.05, 0.1) is 11.1 Å². The molecule has 2 N–H and O–H groups in total. The molecule has 0 unspecified atom stereocenters. The monoisotopic (exact) mass is 605 g/mol. The van der Waals surface area contributed by atoms with Gasteiger partial charge in [0.2, 0.25) is 5.82 Å². The average Bonchev–Trinajstić information content (AvgIpc) is 3.54. The van der Waals surface area contributed by atoms with E-state index in [9.17, 15) is 36.2 Å². The zero-order chi connectivity index (χ0) is 30.7. The fourth-order valence-electron chi connectivity index (χ4n) is 5.56. The summed E-state index contributed by atoms with van der Waals surface area (Å²) in [6, 6.07) is 8.35. The maximum Gasteiger partial charge on any atom is 0.573 e. The molecular weight excluding hydrogens is 580 g/mol. The average molecular weight is 606 g/mol. The van der Waals surface area contributed by atoms with Crippen LogP contribution in [-0.2, 0) is 12.7 Å². The summed E-state index contributed by atoms with van der Waals surface area (Å²) in [6.07, 6.45) is -4.89. The van der Waals surface area contributed by atoms with Gasteiger partial charge in [0.25, 0.3) is 0 Å². The molecule has 2 aliphatic rings. The molecule has 2 aromatic carbocycles. The van der Waals surface area contributed by atoms with E-state index in [1.165, 1.54) is 28.8 Å². The van der Waals surface area contributed by atoms with E-state index in [0.29, 0.717) is 17.0 Å². The second-order valence-corrected chi connectivity index (χ2v) is 11.0. The van der Waals surface area contributed by atoms with Gasteiger partial charge in [-0.3, -0.25) is 0 Å². The Morgan fingerprint density at radius 3 is 2.30 bits per heavy atom. The second-order valence-electron chi connectivity index (χ2n) is 11.0. The van der Waals surface area contributed by atoms with Gasteiger partial charge in [0, 0.05) is 12.1 Å². The highest BCUT2D eigenvalue weighted by Gasteiger charge is 2.52. The van der Waals surface area contributed by atoms with Crippen LogP contribution in [0.4, 0.5) is 32.2 Å². The number of halogens is 6. The molecule has 8 nitrogen and oxygen atoms in total. The summed E-state index contributed by atoms with van der Waals surface area (Å²) in [5, 5.41) is 13.2. The molecule has 2 saturated carbocycles. The number of nitrogens with zero attached hydrogens (tertiary/aromatic N) is 4. The molecule has 2 aliphatic carbocycles. The third-order valence-electron chi connectivity index (χ3n) is 8.06. The fraction of sp³-hybridized carbons (Fsp3) is 0.379. The maximum absolute atomic E-state index is 13.4. The Morgan fingerprint density at radius 2 is 1.74 bits per heavy atom. The van der Waals surface area contributed by atoms with Crippen LogP contribution in [0, 0.1) is 12.8 Å². The van der Waals surface area contributed by atoms with E-state index < -0.39 is 35.6 Å². The number of benzene rings is 2. The summed E-state index contributed by atoms with van der Waals surface area (Å²) in [5.41, 5.74) is -0.161. The number of aryl methyl sites for hydroxylation is 1. The van der Waals surface area contributed by atoms with E-state index in [1.54, 1.807) is 6.92 Å². The number of hydrogen-bond donors (Lipinski definition) is 2. The topological polar surface area (TPSA) is 102 Å². The Balaban J connectivity index is 1.57. The van der Waals surface area contributed by atoms with Crippen molar-refractivity contribution in [2.45, 2.75) is 63.7 Å². The molecule has 0 atom stereocenters. The number of hydrogen-bond acceptors (Lipinski definition) is 6. The van der Waals surface area contributed by atoms with Crippen molar-refractivity contribution in [2.24, 2.45) is 5.92 Å². The quantitative estimate of drug-likeness (QED) is 0.205. The SMILES string of the molecule is Cc1ccc(OC(F)(F)F)c(-c2nc3nc(C(=O)O)nc(NC4(C5CCC5)CC4)c3n2Cc2ccc(C(F)(F)F)cc2)c1. The third-order valence-corrected chi connectivity index (χ3v) is 8.06. The van der Waals surface area contributed by atoms with E-state index in [1.807, 2.05) is 0 Å². The number of alkyl halides is 6. The first-order valence-corrected chi connectivity index (χ1v) is 13.6. The van der Waals surface area contributed by atoms with Gasteiger partial charge in [-0.2, -0.15) is 13.2 Å². The molecule has 0 bridgehead atoms. The molecule has 0 spiro atoms. The summed E-state index contributed by atoms with van der Waals surface area (Å²) in [5.74, 6) is -2.10. The number of rotatable bonds is 8. The van der Waals surface area contributed by atoms with Gasteiger partial charge in [0.1, 0.15) is 17.1 Å². The lowest BCUT2D eigenvalue weighted by atomic mass is 9.78. The number of fused-ring (bicyclic) bond motifs is 1. The molecule has 2 aromatic heterocycles. The number of anilines is 1. The molecule has 0 aliphatic heterocycles. The smallest absolute Gasteiger partial charge is 0.475 e. The molecule has 0 radical (unpaired) electrons. The van der Waals surface area contributed by atoms with Crippen molar-refractivity contribution >= 4 is 23.0 Å². The summed E-state index contributed by atoms with van der Waals surface area (Å²) in [7, 11) is 0. The number of nitrogens with one attached hydrogen (secondary N) is 1. The molecule has 6 rings (SSSR count). The van der Waals surface area contributed by atoms with Crippen molar-refractivity contribution in [1.29, 1.82) is 0 Å². The van der Waals surface area contributed by atoms with Crippen LogP contribution in [0.1, 0.15) is 59.4 Å². The van der Waals surface area contributed by atoms with Gasteiger partial charge in [-0.1, -0.05) is 30.2 Å². The first-order valence-electron chi connectivity index (χ1n) is 13.6. The summed E-state index contributed by atoms with van der Waals surface area (Å²) < 4.78 is 85.7. The van der Waals surface area contributed by atoms with E-state index in [0.717, 1.165) is 50.3 Å². The van der Waals surface area contributed by atoms with E-state index in [4.69, 9.17) is 0 Å². The van der Waals surface area contributed by atoms with Crippen LogP contribution >= 0.6 is 0 Å². The number of aromatic nitrogens is 4. The van der Waals surface area contributed by atoms with E-state index in [2.05, 4.69) is 25.0 Å². The van der Waals surface area contributed by atoms with Gasteiger partial charge in [-0.25, -0.2) is 19.7 Å². The van der Waals surface area contributed by atoms with Crippen LogP contribution in [-0.4, -0.2) is 42.5 Å². The lowest BCUT2D eigenvalue weighted by Crippen LogP contribution is -2.36. The number of aromatic carboxylic acids is 1. The lowest BCUT2D eigenvalue weighted by molar-refractivity contribution is -0.274. The second kappa shape index (κ2) is 10.1. The largest absolute Gasteiger partial charge is 0.573 e. The Kier molecular flexibility index (Phi) is 6.77. The molecule has 4 aromatic rings. The van der Waals surface area contributed by atoms with E-state index >= 15 is 0 Å². The van der Waals surface area contributed by atoms with Gasteiger partial charge in [0.15, 0.2) is 11.5 Å². The Morgan fingerprint density at radius 1 is 1.05 bits per heavy atom. The first kappa shape index (κ1) is 28.7. The van der Waals surface area contributed by atoms with Crippen LogP contribution in [0.25, 0.3) is 22.6 Å². The van der Waals surface area contributed by atoms with Crippen LogP contribution in [0.3, 0.4) is 0 Å². The predicted octanol–water partition coefficient (Wildman–Crippen LogP) is 7.21. The van der Waals surface area contributed by atoms with Crippen molar-refractivity contribution in [3.05, 3.63) is 65.0 Å². The molecular formula is C29H25F6N5O3. The predicted molar refractivity (Wildman–Crippen MR) is 143 cm³/mol. The minimum atomic E-state index is -5.03. The van der Waals surface area contributed by atoms with Crippen molar-refractivity contribution in [3.8, 4) is 17.1 Å². The zero-order valence-electron chi connectivity index (χ0n) is 22.7. The summed E-state index contributed by atoms with van der Waals surface area (Å²) in [6.45, 7) is 1.53. The van der Waals surface area contributed by atoms with Gasteiger partial charge in [-0.05, 0) is 68.4 Å². The van der Waals surface area contributed by atoms with Crippen molar-refractivity contribution < 1.29 is 41.0 Å². The molecule has 14 heteroatoms. The minimum Gasteiger partial charge on any atom is -0.475 e. The summed E-state index contributed by atoms with van der Waals surface area (Å²) >= 11 is 0. The maximum atomic E-state index is 13.4. The first-order chi connectivity index (χ1) is 20.2. The highest BCUT2D eigenvalue weighted by atomic mass is 19.4. The highest BCUT2D eigenvalue weighted by Crippen LogP contribution is 2.53. The van der Waals surface area contributed by atoms with Gasteiger partial charge >= 0.3 is 18.5 Å². The Hall–Kier alpha value is -4.36. The van der Waals surface area contributed by atoms with E-state index in [-0.39, 0.29) is 40.5 Å². The van der Waals surface area contributed by atoms with Crippen LogP contribution in [0.5, 0.6) is 5.75 Å². The normalized spacial score (nSPS) is 16.6. The number of carboxylic acid groups (broad SMARTS) is 1. The Bertz CT molecular complexity index is 1710. The molecule has 2 heterocycles. The van der Waals surface area contributed by atoms with Crippen molar-refractivity contribution in [2.75, 3.05) is 5.32 Å². The van der Waals surface area contributed by atoms with Crippen LogP contribution in [0.15, 0.2) is 42.5 Å². The highest BCUT2D eigenvalue weighted by molar-refractivity contribution is 5.93. The van der Waals surface area contributed by atoms with Crippen molar-refractivity contribution in [3.63, 3.8) is 0 Å². The molecule has 2 fully saturated rings. The minimum absolute atomic E-state index is 0.0498. The molecule has 0 saturated heterocycles. The number of ether oxygens (including phenoxy) is 1. The van der Waals surface area contributed by atoms with Gasteiger partial charge < -0.3 is 19.7 Å². The number of imidazole rings is 1. The van der Waals surface area contributed by atoms with Crippen LogP contribution < -0.4 is 10.1 Å². The molecule has 226 valence electrons. The number of carboxylic acids is 1. The summed E-state index contributed by atoms with van der Waals surface area (Å²) in [4.78, 5) is 24.8. The van der Waals surface area contributed by atoms with Gasteiger partial charge in [-0.15, -0.1) is 13.2 Å². The molecule has 43 heavy (non-hydrogen) atoms.